The highest BCUT2D eigenvalue weighted by Crippen LogP contribution is 2.33. The summed E-state index contributed by atoms with van der Waals surface area (Å²) in [5.74, 6) is 1.23. The molecule has 1 N–H and O–H groups in total. The lowest BCUT2D eigenvalue weighted by atomic mass is 9.80. The predicted molar refractivity (Wildman–Crippen MR) is 74.9 cm³/mol. The number of para-hydroxylation sites is 1. The summed E-state index contributed by atoms with van der Waals surface area (Å²) in [4.78, 5) is 2.47. The van der Waals surface area contributed by atoms with E-state index in [-0.39, 0.29) is 6.10 Å². The van der Waals surface area contributed by atoms with Crippen LogP contribution in [0.25, 0.3) is 0 Å². The van der Waals surface area contributed by atoms with Crippen LogP contribution in [0.1, 0.15) is 31.7 Å². The third kappa shape index (κ3) is 2.26. The van der Waals surface area contributed by atoms with Gasteiger partial charge in [-0.1, -0.05) is 25.1 Å². The molecule has 2 aliphatic rings. The summed E-state index contributed by atoms with van der Waals surface area (Å²) in [5.41, 5.74) is 2.86. The Bertz CT molecular complexity index is 417. The van der Waals surface area contributed by atoms with Crippen LogP contribution in [-0.4, -0.2) is 24.3 Å². The lowest BCUT2D eigenvalue weighted by Gasteiger charge is -2.35. The molecule has 18 heavy (non-hydrogen) atoms. The quantitative estimate of drug-likeness (QED) is 0.866. The monoisotopic (exact) mass is 245 g/mol. The van der Waals surface area contributed by atoms with Crippen LogP contribution in [0.2, 0.25) is 0 Å². The van der Waals surface area contributed by atoms with Gasteiger partial charge in [-0.2, -0.15) is 0 Å². The Morgan fingerprint density at radius 1 is 1.28 bits per heavy atom. The molecule has 0 saturated heterocycles. The summed E-state index contributed by atoms with van der Waals surface area (Å²) in [6.07, 6.45) is 4.43. The molecular formula is C16H23NO. The number of nitrogens with zero attached hydrogens (tertiary/aromatic N) is 1. The van der Waals surface area contributed by atoms with Gasteiger partial charge in [0.15, 0.2) is 0 Å². The van der Waals surface area contributed by atoms with E-state index in [0.29, 0.717) is 5.92 Å². The van der Waals surface area contributed by atoms with Crippen molar-refractivity contribution >= 4 is 5.69 Å². The van der Waals surface area contributed by atoms with Crippen LogP contribution in [0, 0.1) is 11.8 Å². The molecule has 1 aromatic carbocycles. The van der Waals surface area contributed by atoms with Crippen molar-refractivity contribution in [3.8, 4) is 0 Å². The average molecular weight is 245 g/mol. The standard InChI is InChI=1S/C16H23NO/c1-12-6-7-16(18)14(10-12)11-17-9-8-13-4-2-3-5-15(13)17/h2-5,12,14,16,18H,6-11H2,1H3. The molecule has 1 saturated carbocycles. The van der Waals surface area contributed by atoms with E-state index >= 15 is 0 Å². The third-order valence-corrected chi connectivity index (χ3v) is 4.64. The van der Waals surface area contributed by atoms with E-state index in [1.165, 1.54) is 24.1 Å². The Morgan fingerprint density at radius 3 is 3.00 bits per heavy atom. The van der Waals surface area contributed by atoms with Crippen LogP contribution in [0.15, 0.2) is 24.3 Å². The molecule has 1 aliphatic heterocycles. The highest BCUT2D eigenvalue weighted by Gasteiger charge is 2.30. The lowest BCUT2D eigenvalue weighted by molar-refractivity contribution is 0.0553. The van der Waals surface area contributed by atoms with Gasteiger partial charge in [-0.3, -0.25) is 0 Å². The number of aliphatic hydroxyl groups is 1. The second-order valence-corrected chi connectivity index (χ2v) is 6.07. The highest BCUT2D eigenvalue weighted by molar-refractivity contribution is 5.57. The fraction of sp³-hybridized carbons (Fsp3) is 0.625. The Labute approximate surface area is 110 Å². The third-order valence-electron chi connectivity index (χ3n) is 4.64. The number of hydrogen-bond donors (Lipinski definition) is 1. The molecule has 2 heteroatoms. The zero-order valence-corrected chi connectivity index (χ0v) is 11.2. The van der Waals surface area contributed by atoms with Crippen molar-refractivity contribution in [1.82, 2.24) is 0 Å². The minimum atomic E-state index is -0.0889. The number of hydrogen-bond acceptors (Lipinski definition) is 2. The first-order chi connectivity index (χ1) is 8.74. The largest absolute Gasteiger partial charge is 0.393 e. The molecule has 1 aromatic rings. The van der Waals surface area contributed by atoms with Crippen LogP contribution < -0.4 is 4.90 Å². The Balaban J connectivity index is 1.70. The van der Waals surface area contributed by atoms with Crippen molar-refractivity contribution in [2.45, 2.75) is 38.7 Å². The molecule has 1 fully saturated rings. The SMILES string of the molecule is CC1CCC(O)C(CN2CCc3ccccc32)C1. The van der Waals surface area contributed by atoms with Crippen molar-refractivity contribution in [3.63, 3.8) is 0 Å². The fourth-order valence-corrected chi connectivity index (χ4v) is 3.56. The molecule has 2 nitrogen and oxygen atoms in total. The number of anilines is 1. The Morgan fingerprint density at radius 2 is 2.11 bits per heavy atom. The van der Waals surface area contributed by atoms with Crippen LogP contribution in [-0.2, 0) is 6.42 Å². The van der Waals surface area contributed by atoms with E-state index in [1.807, 2.05) is 0 Å². The zero-order valence-electron chi connectivity index (χ0n) is 11.2. The van der Waals surface area contributed by atoms with Crippen molar-refractivity contribution in [2.75, 3.05) is 18.0 Å². The molecule has 0 amide bonds. The van der Waals surface area contributed by atoms with Gasteiger partial charge >= 0.3 is 0 Å². The second kappa shape index (κ2) is 4.93. The molecule has 1 aliphatic carbocycles. The smallest absolute Gasteiger partial charge is 0.0585 e. The van der Waals surface area contributed by atoms with E-state index in [9.17, 15) is 5.11 Å². The van der Waals surface area contributed by atoms with Crippen molar-refractivity contribution in [2.24, 2.45) is 11.8 Å². The first kappa shape index (κ1) is 12.0. The number of rotatable bonds is 2. The number of fused-ring (bicyclic) bond motifs is 1. The first-order valence-electron chi connectivity index (χ1n) is 7.25. The van der Waals surface area contributed by atoms with E-state index in [1.54, 1.807) is 0 Å². The summed E-state index contributed by atoms with van der Waals surface area (Å²) in [6, 6.07) is 8.70. The van der Waals surface area contributed by atoms with E-state index in [2.05, 4.69) is 36.1 Å². The van der Waals surface area contributed by atoms with E-state index in [0.717, 1.165) is 31.8 Å². The van der Waals surface area contributed by atoms with Crippen molar-refractivity contribution in [3.05, 3.63) is 29.8 Å². The maximum absolute atomic E-state index is 10.2. The normalized spacial score (nSPS) is 31.4. The predicted octanol–water partition coefficient (Wildman–Crippen LogP) is 2.85. The fourth-order valence-electron chi connectivity index (χ4n) is 3.56. The maximum atomic E-state index is 10.2. The minimum absolute atomic E-state index is 0.0889. The second-order valence-electron chi connectivity index (χ2n) is 6.07. The van der Waals surface area contributed by atoms with Gasteiger partial charge in [0.05, 0.1) is 6.10 Å². The number of benzene rings is 1. The maximum Gasteiger partial charge on any atom is 0.0585 e. The summed E-state index contributed by atoms with van der Waals surface area (Å²) in [5, 5.41) is 10.2. The van der Waals surface area contributed by atoms with Gasteiger partial charge in [0.1, 0.15) is 0 Å². The van der Waals surface area contributed by atoms with Crippen molar-refractivity contribution in [1.29, 1.82) is 0 Å². The highest BCUT2D eigenvalue weighted by atomic mass is 16.3. The Hall–Kier alpha value is -1.02. The summed E-state index contributed by atoms with van der Waals surface area (Å²) in [6.45, 7) is 4.47. The summed E-state index contributed by atoms with van der Waals surface area (Å²) in [7, 11) is 0. The Kier molecular flexibility index (Phi) is 3.29. The molecule has 1 heterocycles. The van der Waals surface area contributed by atoms with Crippen LogP contribution in [0.4, 0.5) is 5.69 Å². The molecule has 0 spiro atoms. The molecule has 3 unspecified atom stereocenters. The van der Waals surface area contributed by atoms with E-state index in [4.69, 9.17) is 0 Å². The van der Waals surface area contributed by atoms with Gasteiger partial charge in [0, 0.05) is 24.7 Å². The molecule has 98 valence electrons. The van der Waals surface area contributed by atoms with Gasteiger partial charge in [0.25, 0.3) is 0 Å². The lowest BCUT2D eigenvalue weighted by Crippen LogP contribution is -2.38. The minimum Gasteiger partial charge on any atom is -0.393 e. The summed E-state index contributed by atoms with van der Waals surface area (Å²) >= 11 is 0. The molecular weight excluding hydrogens is 222 g/mol. The van der Waals surface area contributed by atoms with Gasteiger partial charge in [-0.25, -0.2) is 0 Å². The first-order valence-corrected chi connectivity index (χ1v) is 7.25. The zero-order chi connectivity index (χ0) is 12.5. The molecule has 0 aromatic heterocycles. The summed E-state index contributed by atoms with van der Waals surface area (Å²) < 4.78 is 0. The van der Waals surface area contributed by atoms with Crippen LogP contribution >= 0.6 is 0 Å². The van der Waals surface area contributed by atoms with Gasteiger partial charge in [-0.15, -0.1) is 0 Å². The van der Waals surface area contributed by atoms with Crippen LogP contribution in [0.5, 0.6) is 0 Å². The van der Waals surface area contributed by atoms with Gasteiger partial charge in [-0.05, 0) is 43.2 Å². The van der Waals surface area contributed by atoms with Gasteiger partial charge < -0.3 is 10.0 Å². The molecule has 0 bridgehead atoms. The molecule has 3 atom stereocenters. The van der Waals surface area contributed by atoms with Crippen LogP contribution in [0.3, 0.4) is 0 Å². The molecule has 3 rings (SSSR count). The molecule has 0 radical (unpaired) electrons. The average Bonchev–Trinajstić information content (AvgIpc) is 2.78. The number of aliphatic hydroxyl groups excluding tert-OH is 1. The van der Waals surface area contributed by atoms with Gasteiger partial charge in [0.2, 0.25) is 0 Å². The van der Waals surface area contributed by atoms with Crippen molar-refractivity contribution < 1.29 is 5.11 Å². The van der Waals surface area contributed by atoms with E-state index < -0.39 is 0 Å². The topological polar surface area (TPSA) is 23.5 Å².